The second-order valence-corrected chi connectivity index (χ2v) is 6.44. The first-order chi connectivity index (χ1) is 12.2. The van der Waals surface area contributed by atoms with Crippen LogP contribution in [0.2, 0.25) is 0 Å². The van der Waals surface area contributed by atoms with Gasteiger partial charge in [0.15, 0.2) is 0 Å². The predicted molar refractivity (Wildman–Crippen MR) is 102 cm³/mol. The van der Waals surface area contributed by atoms with Crippen molar-refractivity contribution in [3.8, 4) is 11.3 Å². The number of aryl methyl sites for hydroxylation is 2. The maximum absolute atomic E-state index is 6.37. The molecule has 0 aliphatic carbocycles. The third-order valence-corrected chi connectivity index (χ3v) is 4.79. The van der Waals surface area contributed by atoms with Gasteiger partial charge in [0, 0.05) is 45.2 Å². The number of benzene rings is 2. The molecule has 3 aromatic heterocycles. The molecule has 0 radical (unpaired) electrons. The Balaban J connectivity index is 1.90. The van der Waals surface area contributed by atoms with Crippen LogP contribution in [-0.4, -0.2) is 9.97 Å². The average molecular weight is 324 g/mol. The summed E-state index contributed by atoms with van der Waals surface area (Å²) in [6.07, 6.45) is 3.73. The normalized spacial score (nSPS) is 11.6. The van der Waals surface area contributed by atoms with Crippen molar-refractivity contribution in [2.45, 2.75) is 13.8 Å². The molecule has 0 spiro atoms. The molecule has 5 aromatic rings. The molecule has 2 aromatic carbocycles. The van der Waals surface area contributed by atoms with Crippen molar-refractivity contribution in [2.24, 2.45) is 0 Å². The topological polar surface area (TPSA) is 38.9 Å². The summed E-state index contributed by atoms with van der Waals surface area (Å²) in [4.78, 5) is 8.97. The molecule has 0 atom stereocenters. The Hall–Kier alpha value is -3.20. The van der Waals surface area contributed by atoms with E-state index < -0.39 is 0 Å². The molecule has 3 heteroatoms. The highest BCUT2D eigenvalue weighted by Crippen LogP contribution is 2.38. The standard InChI is InChI=1S/C22H16N2O/c1-13-6-9-20(24-12-13)19-5-3-4-16-17-8-7-15-14(2)23-11-10-18(15)21(17)25-22(16)19/h3-12H,1-2H3. The summed E-state index contributed by atoms with van der Waals surface area (Å²) >= 11 is 0. The van der Waals surface area contributed by atoms with E-state index >= 15 is 0 Å². The minimum absolute atomic E-state index is 0.885. The molecule has 0 bridgehead atoms. The molecule has 0 N–H and O–H groups in total. The van der Waals surface area contributed by atoms with E-state index in [-0.39, 0.29) is 0 Å². The second kappa shape index (κ2) is 5.15. The summed E-state index contributed by atoms with van der Waals surface area (Å²) in [6, 6.07) is 16.6. The first kappa shape index (κ1) is 14.2. The Morgan fingerprint density at radius 3 is 2.36 bits per heavy atom. The Morgan fingerprint density at radius 1 is 0.720 bits per heavy atom. The summed E-state index contributed by atoms with van der Waals surface area (Å²) in [5.41, 5.74) is 5.91. The lowest BCUT2D eigenvalue weighted by Gasteiger charge is -2.02. The first-order valence-electron chi connectivity index (χ1n) is 8.35. The summed E-state index contributed by atoms with van der Waals surface area (Å²) in [5.74, 6) is 0. The van der Waals surface area contributed by atoms with E-state index in [2.05, 4.69) is 46.4 Å². The summed E-state index contributed by atoms with van der Waals surface area (Å²) in [5, 5.41) is 4.47. The number of hydrogen-bond donors (Lipinski definition) is 0. The van der Waals surface area contributed by atoms with E-state index in [1.807, 2.05) is 38.4 Å². The number of fused-ring (bicyclic) bond motifs is 5. The Labute approximate surface area is 144 Å². The van der Waals surface area contributed by atoms with E-state index in [0.717, 1.165) is 55.2 Å². The lowest BCUT2D eigenvalue weighted by Crippen LogP contribution is -1.84. The van der Waals surface area contributed by atoms with Gasteiger partial charge in [0.1, 0.15) is 11.2 Å². The Kier molecular flexibility index (Phi) is 2.92. The van der Waals surface area contributed by atoms with Crippen LogP contribution in [0.15, 0.2) is 65.3 Å². The molecule has 3 nitrogen and oxygen atoms in total. The van der Waals surface area contributed by atoms with Crippen LogP contribution in [0.4, 0.5) is 0 Å². The van der Waals surface area contributed by atoms with Crippen LogP contribution in [0.3, 0.4) is 0 Å². The highest BCUT2D eigenvalue weighted by molar-refractivity contribution is 6.17. The predicted octanol–water partition coefficient (Wildman–Crippen LogP) is 5.81. The van der Waals surface area contributed by atoms with E-state index in [0.29, 0.717) is 0 Å². The highest BCUT2D eigenvalue weighted by atomic mass is 16.3. The van der Waals surface area contributed by atoms with Crippen LogP contribution in [0.1, 0.15) is 11.3 Å². The largest absolute Gasteiger partial charge is 0.455 e. The fraction of sp³-hybridized carbons (Fsp3) is 0.0909. The SMILES string of the molecule is Cc1ccc(-c2cccc3c2oc2c4ccnc(C)c4ccc32)nc1. The van der Waals surface area contributed by atoms with E-state index in [1.165, 1.54) is 0 Å². The van der Waals surface area contributed by atoms with Gasteiger partial charge < -0.3 is 4.42 Å². The zero-order valence-corrected chi connectivity index (χ0v) is 14.1. The average Bonchev–Trinajstić information content (AvgIpc) is 3.02. The number of aromatic nitrogens is 2. The van der Waals surface area contributed by atoms with Gasteiger partial charge in [-0.05, 0) is 43.7 Å². The maximum Gasteiger partial charge on any atom is 0.144 e. The zero-order chi connectivity index (χ0) is 17.0. The van der Waals surface area contributed by atoms with Crippen molar-refractivity contribution in [3.05, 3.63) is 72.2 Å². The lowest BCUT2D eigenvalue weighted by molar-refractivity contribution is 0.673. The van der Waals surface area contributed by atoms with E-state index in [1.54, 1.807) is 0 Å². The highest BCUT2D eigenvalue weighted by Gasteiger charge is 2.15. The van der Waals surface area contributed by atoms with Crippen molar-refractivity contribution >= 4 is 32.7 Å². The van der Waals surface area contributed by atoms with Crippen LogP contribution >= 0.6 is 0 Å². The van der Waals surface area contributed by atoms with Crippen molar-refractivity contribution < 1.29 is 4.42 Å². The molecule has 0 saturated carbocycles. The fourth-order valence-electron chi connectivity index (χ4n) is 3.49. The number of pyridine rings is 2. The number of para-hydroxylation sites is 1. The molecule has 0 saturated heterocycles. The second-order valence-electron chi connectivity index (χ2n) is 6.44. The van der Waals surface area contributed by atoms with Crippen LogP contribution in [-0.2, 0) is 0 Å². The molecular formula is C22H16N2O. The van der Waals surface area contributed by atoms with Gasteiger partial charge in [-0.2, -0.15) is 0 Å². The minimum atomic E-state index is 0.885. The first-order valence-corrected chi connectivity index (χ1v) is 8.35. The van der Waals surface area contributed by atoms with E-state index in [9.17, 15) is 0 Å². The number of furan rings is 1. The third kappa shape index (κ3) is 2.06. The molecule has 0 amide bonds. The molecule has 5 rings (SSSR count). The van der Waals surface area contributed by atoms with Gasteiger partial charge in [-0.25, -0.2) is 0 Å². The van der Waals surface area contributed by atoms with Crippen LogP contribution in [0, 0.1) is 13.8 Å². The van der Waals surface area contributed by atoms with Gasteiger partial charge in [-0.1, -0.05) is 24.3 Å². The maximum atomic E-state index is 6.37. The third-order valence-electron chi connectivity index (χ3n) is 4.79. The van der Waals surface area contributed by atoms with Crippen LogP contribution < -0.4 is 0 Å². The minimum Gasteiger partial charge on any atom is -0.455 e. The molecular weight excluding hydrogens is 308 g/mol. The smallest absolute Gasteiger partial charge is 0.144 e. The quantitative estimate of drug-likeness (QED) is 0.390. The number of rotatable bonds is 1. The fourth-order valence-corrected chi connectivity index (χ4v) is 3.49. The molecule has 0 aliphatic rings. The summed E-state index contributed by atoms with van der Waals surface area (Å²) in [6.45, 7) is 4.07. The van der Waals surface area contributed by atoms with Gasteiger partial charge in [0.25, 0.3) is 0 Å². The van der Waals surface area contributed by atoms with Crippen molar-refractivity contribution in [1.29, 1.82) is 0 Å². The van der Waals surface area contributed by atoms with Crippen LogP contribution in [0.25, 0.3) is 44.0 Å². The number of nitrogens with zero attached hydrogens (tertiary/aromatic N) is 2. The zero-order valence-electron chi connectivity index (χ0n) is 14.1. The van der Waals surface area contributed by atoms with Gasteiger partial charge in [0.05, 0.1) is 5.69 Å². The van der Waals surface area contributed by atoms with Crippen molar-refractivity contribution in [3.63, 3.8) is 0 Å². The van der Waals surface area contributed by atoms with E-state index in [4.69, 9.17) is 4.42 Å². The monoisotopic (exact) mass is 324 g/mol. The van der Waals surface area contributed by atoms with Gasteiger partial charge in [-0.3, -0.25) is 9.97 Å². The molecule has 120 valence electrons. The van der Waals surface area contributed by atoms with Crippen molar-refractivity contribution in [2.75, 3.05) is 0 Å². The molecule has 25 heavy (non-hydrogen) atoms. The summed E-state index contributed by atoms with van der Waals surface area (Å²) in [7, 11) is 0. The molecule has 0 aliphatic heterocycles. The lowest BCUT2D eigenvalue weighted by atomic mass is 10.0. The molecule has 3 heterocycles. The Bertz CT molecular complexity index is 1250. The van der Waals surface area contributed by atoms with Gasteiger partial charge in [0.2, 0.25) is 0 Å². The molecule has 0 fully saturated rings. The molecule has 0 unspecified atom stereocenters. The Morgan fingerprint density at radius 2 is 1.52 bits per heavy atom. The number of hydrogen-bond acceptors (Lipinski definition) is 3. The van der Waals surface area contributed by atoms with Crippen LogP contribution in [0.5, 0.6) is 0 Å². The summed E-state index contributed by atoms with van der Waals surface area (Å²) < 4.78 is 6.37. The van der Waals surface area contributed by atoms with Crippen molar-refractivity contribution in [1.82, 2.24) is 9.97 Å². The van der Waals surface area contributed by atoms with Gasteiger partial charge >= 0.3 is 0 Å². The van der Waals surface area contributed by atoms with Gasteiger partial charge in [-0.15, -0.1) is 0 Å².